The summed E-state index contributed by atoms with van der Waals surface area (Å²) in [4.78, 5) is 16.8. The maximum atomic E-state index is 12.4. The smallest absolute Gasteiger partial charge is 0.336 e. The number of rotatable bonds is 4. The molecule has 2 fully saturated rings. The molecule has 0 bridgehead atoms. The maximum absolute atomic E-state index is 12.4. The predicted octanol–water partition coefficient (Wildman–Crippen LogP) is 2.47. The number of piperazine rings is 1. The van der Waals surface area contributed by atoms with Gasteiger partial charge >= 0.3 is 5.63 Å². The van der Waals surface area contributed by atoms with Crippen LogP contribution in [-0.4, -0.2) is 67.1 Å². The Kier molecular flexibility index (Phi) is 5.53. The normalized spacial score (nSPS) is 21.8. The van der Waals surface area contributed by atoms with Crippen LogP contribution in [-0.2, 0) is 16.4 Å². The van der Waals surface area contributed by atoms with Gasteiger partial charge in [-0.05, 0) is 29.7 Å². The van der Waals surface area contributed by atoms with E-state index in [9.17, 15) is 18.3 Å². The van der Waals surface area contributed by atoms with Gasteiger partial charge in [0.05, 0.1) is 17.1 Å². The Morgan fingerprint density at radius 2 is 1.78 bits per heavy atom. The number of sulfone groups is 1. The highest BCUT2D eigenvalue weighted by atomic mass is 32.2. The van der Waals surface area contributed by atoms with Crippen molar-refractivity contribution in [3.8, 4) is 16.9 Å². The quantitative estimate of drug-likeness (QED) is 0.606. The van der Waals surface area contributed by atoms with Crippen molar-refractivity contribution in [2.45, 2.75) is 19.0 Å². The maximum Gasteiger partial charge on any atom is 0.336 e. The highest BCUT2D eigenvalue weighted by molar-refractivity contribution is 7.91. The largest absolute Gasteiger partial charge is 0.507 e. The summed E-state index contributed by atoms with van der Waals surface area (Å²) in [6, 6.07) is 14.7. The van der Waals surface area contributed by atoms with Crippen molar-refractivity contribution >= 4 is 20.8 Å². The Balaban J connectivity index is 1.40. The van der Waals surface area contributed by atoms with Crippen LogP contribution in [0.5, 0.6) is 5.75 Å². The van der Waals surface area contributed by atoms with Crippen LogP contribution in [0.25, 0.3) is 22.1 Å². The number of phenolic OH excluding ortho intramolecular Hbond substituents is 1. The summed E-state index contributed by atoms with van der Waals surface area (Å²) in [5, 5.41) is 11.4. The predicted molar refractivity (Wildman–Crippen MR) is 123 cm³/mol. The van der Waals surface area contributed by atoms with E-state index in [0.29, 0.717) is 24.1 Å². The molecule has 0 aliphatic carbocycles. The number of hydrogen-bond donors (Lipinski definition) is 1. The monoisotopic (exact) mass is 454 g/mol. The molecule has 3 heterocycles. The molecule has 168 valence electrons. The minimum absolute atomic E-state index is 0.107. The van der Waals surface area contributed by atoms with Crippen molar-refractivity contribution < 1.29 is 17.9 Å². The van der Waals surface area contributed by atoms with E-state index < -0.39 is 15.5 Å². The number of phenols is 1. The Morgan fingerprint density at radius 1 is 1.03 bits per heavy atom. The van der Waals surface area contributed by atoms with Crippen molar-refractivity contribution in [2.75, 3.05) is 37.7 Å². The lowest BCUT2D eigenvalue weighted by molar-refractivity contribution is 0.0996. The molecule has 0 radical (unpaired) electrons. The van der Waals surface area contributed by atoms with E-state index >= 15 is 0 Å². The fourth-order valence-electron chi connectivity index (χ4n) is 4.85. The van der Waals surface area contributed by atoms with Crippen LogP contribution < -0.4 is 5.63 Å². The van der Waals surface area contributed by atoms with Gasteiger partial charge in [-0.3, -0.25) is 9.80 Å². The number of nitrogens with zero attached hydrogens (tertiary/aromatic N) is 2. The molecule has 0 amide bonds. The second-order valence-electron chi connectivity index (χ2n) is 8.65. The van der Waals surface area contributed by atoms with Crippen LogP contribution in [0.1, 0.15) is 12.0 Å². The average molecular weight is 455 g/mol. The van der Waals surface area contributed by atoms with Gasteiger partial charge in [0.2, 0.25) is 0 Å². The first kappa shape index (κ1) is 21.2. The molecule has 2 aromatic carbocycles. The third-order valence-corrected chi connectivity index (χ3v) is 8.34. The lowest BCUT2D eigenvalue weighted by atomic mass is 9.99. The topological polar surface area (TPSA) is 91.1 Å². The van der Waals surface area contributed by atoms with Crippen molar-refractivity contribution in [3.63, 3.8) is 0 Å². The van der Waals surface area contributed by atoms with Gasteiger partial charge < -0.3 is 9.52 Å². The third kappa shape index (κ3) is 4.18. The number of fused-ring (bicyclic) bond motifs is 1. The van der Waals surface area contributed by atoms with Crippen molar-refractivity contribution in [1.29, 1.82) is 0 Å². The molecule has 7 nitrogen and oxygen atoms in total. The summed E-state index contributed by atoms with van der Waals surface area (Å²) in [7, 11) is -2.90. The van der Waals surface area contributed by atoms with E-state index in [0.717, 1.165) is 42.7 Å². The standard InChI is InChI=1S/C24H26N2O5S/c27-22-7-6-19-20(17-4-2-1-3-5-17)14-23(28)31-24(19)21(22)15-25-9-11-26(12-10-25)18-8-13-32(29,30)16-18/h1-7,14,18,27H,8-13,15-16H2. The van der Waals surface area contributed by atoms with E-state index in [1.165, 1.54) is 6.07 Å². The van der Waals surface area contributed by atoms with Crippen LogP contribution in [0, 0.1) is 0 Å². The van der Waals surface area contributed by atoms with Crippen LogP contribution in [0.3, 0.4) is 0 Å². The molecular weight excluding hydrogens is 428 g/mol. The van der Waals surface area contributed by atoms with Gasteiger partial charge in [0.25, 0.3) is 0 Å². The van der Waals surface area contributed by atoms with Crippen LogP contribution in [0.2, 0.25) is 0 Å². The SMILES string of the molecule is O=c1cc(-c2ccccc2)c2ccc(O)c(CN3CCN(C4CCS(=O)(=O)C4)CC3)c2o1. The molecule has 2 aliphatic rings. The average Bonchev–Trinajstić information content (AvgIpc) is 3.16. The minimum Gasteiger partial charge on any atom is -0.507 e. The van der Waals surface area contributed by atoms with Crippen molar-refractivity contribution in [1.82, 2.24) is 9.80 Å². The van der Waals surface area contributed by atoms with Gasteiger partial charge in [-0.2, -0.15) is 0 Å². The fraction of sp³-hybridized carbons (Fsp3) is 0.375. The summed E-state index contributed by atoms with van der Waals surface area (Å²) in [6.45, 7) is 3.54. The van der Waals surface area contributed by atoms with E-state index in [1.54, 1.807) is 12.1 Å². The van der Waals surface area contributed by atoms with Crippen LogP contribution in [0.15, 0.2) is 57.7 Å². The molecule has 2 aliphatic heterocycles. The van der Waals surface area contributed by atoms with E-state index in [2.05, 4.69) is 9.80 Å². The van der Waals surface area contributed by atoms with Gasteiger partial charge in [0.15, 0.2) is 9.84 Å². The Hall–Kier alpha value is -2.68. The van der Waals surface area contributed by atoms with E-state index in [4.69, 9.17) is 4.42 Å². The summed E-state index contributed by atoms with van der Waals surface area (Å²) >= 11 is 0. The summed E-state index contributed by atoms with van der Waals surface area (Å²) in [5.41, 5.74) is 2.28. The fourth-order valence-corrected chi connectivity index (χ4v) is 6.62. The zero-order valence-electron chi connectivity index (χ0n) is 17.7. The number of aromatic hydroxyl groups is 1. The number of hydrogen-bond acceptors (Lipinski definition) is 7. The van der Waals surface area contributed by atoms with Gasteiger partial charge in [0, 0.05) is 50.2 Å². The number of benzene rings is 2. The first-order valence-electron chi connectivity index (χ1n) is 10.9. The molecule has 1 atom stereocenters. The lowest BCUT2D eigenvalue weighted by Crippen LogP contribution is -2.50. The molecule has 0 saturated carbocycles. The highest BCUT2D eigenvalue weighted by Crippen LogP contribution is 2.34. The molecule has 1 unspecified atom stereocenters. The lowest BCUT2D eigenvalue weighted by Gasteiger charge is -2.37. The van der Waals surface area contributed by atoms with Crippen LogP contribution >= 0.6 is 0 Å². The van der Waals surface area contributed by atoms with Gasteiger partial charge in [-0.15, -0.1) is 0 Å². The molecular formula is C24H26N2O5S. The molecule has 5 rings (SSSR count). The molecule has 3 aromatic rings. The molecule has 32 heavy (non-hydrogen) atoms. The highest BCUT2D eigenvalue weighted by Gasteiger charge is 2.33. The first-order chi connectivity index (χ1) is 15.4. The van der Waals surface area contributed by atoms with Gasteiger partial charge in [-0.1, -0.05) is 30.3 Å². The molecule has 1 N–H and O–H groups in total. The third-order valence-electron chi connectivity index (χ3n) is 6.59. The second-order valence-corrected chi connectivity index (χ2v) is 10.9. The zero-order chi connectivity index (χ0) is 22.3. The minimum atomic E-state index is -2.90. The second kappa shape index (κ2) is 8.35. The summed E-state index contributed by atoms with van der Waals surface area (Å²) < 4.78 is 29.2. The van der Waals surface area contributed by atoms with Crippen molar-refractivity contribution in [3.05, 3.63) is 64.5 Å². The van der Waals surface area contributed by atoms with E-state index in [-0.39, 0.29) is 23.3 Å². The summed E-state index contributed by atoms with van der Waals surface area (Å²) in [6.07, 6.45) is 0.708. The zero-order valence-corrected chi connectivity index (χ0v) is 18.6. The van der Waals surface area contributed by atoms with Gasteiger partial charge in [0.1, 0.15) is 11.3 Å². The van der Waals surface area contributed by atoms with Crippen LogP contribution in [0.4, 0.5) is 0 Å². The molecule has 8 heteroatoms. The molecule has 2 saturated heterocycles. The molecule has 0 spiro atoms. The van der Waals surface area contributed by atoms with Gasteiger partial charge in [-0.25, -0.2) is 13.2 Å². The Labute approximate surface area is 186 Å². The molecule has 1 aromatic heterocycles. The van der Waals surface area contributed by atoms with Crippen molar-refractivity contribution in [2.24, 2.45) is 0 Å². The summed E-state index contributed by atoms with van der Waals surface area (Å²) in [5.74, 6) is 0.643. The Bertz CT molecular complexity index is 1300. The van der Waals surface area contributed by atoms with E-state index in [1.807, 2.05) is 30.3 Å². The first-order valence-corrected chi connectivity index (χ1v) is 12.7. The Morgan fingerprint density at radius 3 is 2.47 bits per heavy atom.